The molecule has 0 saturated heterocycles. The fraction of sp³-hybridized carbons (Fsp3) is 0.400. The summed E-state index contributed by atoms with van der Waals surface area (Å²) in [5, 5.41) is 12.2. The molecule has 0 aliphatic heterocycles. The monoisotopic (exact) mass is 192 g/mol. The standard InChI is InChI=1S/C10H12N2O2/c1-6-4-8(6)12-10(14)7-2-3-11-5-9(7)13/h2-3,5-6,8,13H,4H2,1H3,(H,12,14). The second-order valence-electron chi connectivity index (χ2n) is 3.69. The van der Waals surface area contributed by atoms with Crippen LogP contribution in [0.4, 0.5) is 0 Å². The van der Waals surface area contributed by atoms with Crippen LogP contribution in [-0.4, -0.2) is 22.0 Å². The van der Waals surface area contributed by atoms with Crippen LogP contribution in [0.15, 0.2) is 18.5 Å². The van der Waals surface area contributed by atoms with Crippen LogP contribution in [0.2, 0.25) is 0 Å². The van der Waals surface area contributed by atoms with E-state index < -0.39 is 0 Å². The van der Waals surface area contributed by atoms with Crippen molar-refractivity contribution in [2.75, 3.05) is 0 Å². The second-order valence-corrected chi connectivity index (χ2v) is 3.69. The molecule has 2 rings (SSSR count). The first kappa shape index (κ1) is 8.99. The molecular formula is C10H12N2O2. The van der Waals surface area contributed by atoms with E-state index in [1.807, 2.05) is 0 Å². The Morgan fingerprint density at radius 2 is 2.43 bits per heavy atom. The number of amides is 1. The molecule has 74 valence electrons. The lowest BCUT2D eigenvalue weighted by molar-refractivity contribution is 0.0946. The van der Waals surface area contributed by atoms with E-state index in [1.54, 1.807) is 0 Å². The Labute approximate surface area is 82.0 Å². The minimum atomic E-state index is -0.223. The van der Waals surface area contributed by atoms with Crippen molar-refractivity contribution in [2.24, 2.45) is 5.92 Å². The van der Waals surface area contributed by atoms with Crippen LogP contribution in [0.3, 0.4) is 0 Å². The van der Waals surface area contributed by atoms with Crippen LogP contribution < -0.4 is 5.32 Å². The SMILES string of the molecule is CC1CC1NC(=O)c1ccncc1O. The van der Waals surface area contributed by atoms with Crippen LogP contribution in [0.25, 0.3) is 0 Å². The zero-order valence-electron chi connectivity index (χ0n) is 7.90. The van der Waals surface area contributed by atoms with E-state index in [2.05, 4.69) is 17.2 Å². The van der Waals surface area contributed by atoms with Crippen molar-refractivity contribution in [2.45, 2.75) is 19.4 Å². The molecule has 2 unspecified atom stereocenters. The summed E-state index contributed by atoms with van der Waals surface area (Å²) in [7, 11) is 0. The number of pyridine rings is 1. The Balaban J connectivity index is 2.07. The molecule has 1 saturated carbocycles. The van der Waals surface area contributed by atoms with Crippen molar-refractivity contribution in [1.82, 2.24) is 10.3 Å². The van der Waals surface area contributed by atoms with Crippen LogP contribution in [0.5, 0.6) is 5.75 Å². The molecule has 1 fully saturated rings. The van der Waals surface area contributed by atoms with Crippen LogP contribution in [0.1, 0.15) is 23.7 Å². The summed E-state index contributed by atoms with van der Waals surface area (Å²) in [4.78, 5) is 15.3. The number of carbonyl (C=O) groups is 1. The highest BCUT2D eigenvalue weighted by Crippen LogP contribution is 2.29. The van der Waals surface area contributed by atoms with Crippen molar-refractivity contribution in [3.8, 4) is 5.75 Å². The van der Waals surface area contributed by atoms with E-state index in [4.69, 9.17) is 0 Å². The third-order valence-electron chi connectivity index (χ3n) is 2.47. The molecule has 2 atom stereocenters. The first-order valence-corrected chi connectivity index (χ1v) is 4.62. The van der Waals surface area contributed by atoms with Gasteiger partial charge in [-0.05, 0) is 18.4 Å². The number of rotatable bonds is 2. The number of hydrogen-bond acceptors (Lipinski definition) is 3. The smallest absolute Gasteiger partial charge is 0.255 e. The summed E-state index contributed by atoms with van der Waals surface area (Å²) < 4.78 is 0. The van der Waals surface area contributed by atoms with Gasteiger partial charge < -0.3 is 10.4 Å². The van der Waals surface area contributed by atoms with Crippen molar-refractivity contribution in [3.05, 3.63) is 24.0 Å². The Bertz CT molecular complexity index is 365. The zero-order valence-corrected chi connectivity index (χ0v) is 7.90. The third-order valence-corrected chi connectivity index (χ3v) is 2.47. The minimum Gasteiger partial charge on any atom is -0.505 e. The van der Waals surface area contributed by atoms with Gasteiger partial charge in [0.15, 0.2) is 0 Å². The molecular weight excluding hydrogens is 180 g/mol. The van der Waals surface area contributed by atoms with Crippen molar-refractivity contribution in [3.63, 3.8) is 0 Å². The summed E-state index contributed by atoms with van der Waals surface area (Å²) in [5.74, 6) is 0.264. The average molecular weight is 192 g/mol. The maximum atomic E-state index is 11.6. The highest BCUT2D eigenvalue weighted by Gasteiger charge is 2.34. The number of aromatic nitrogens is 1. The Hall–Kier alpha value is -1.58. The predicted molar refractivity (Wildman–Crippen MR) is 50.9 cm³/mol. The van der Waals surface area contributed by atoms with Crippen LogP contribution in [0, 0.1) is 5.92 Å². The molecule has 1 heterocycles. The zero-order chi connectivity index (χ0) is 10.1. The third kappa shape index (κ3) is 1.69. The van der Waals surface area contributed by atoms with Gasteiger partial charge in [-0.15, -0.1) is 0 Å². The number of carbonyl (C=O) groups excluding carboxylic acids is 1. The summed E-state index contributed by atoms with van der Waals surface area (Å²) in [6, 6.07) is 1.78. The first-order chi connectivity index (χ1) is 6.68. The van der Waals surface area contributed by atoms with E-state index in [9.17, 15) is 9.90 Å². The first-order valence-electron chi connectivity index (χ1n) is 4.62. The maximum Gasteiger partial charge on any atom is 0.255 e. The molecule has 0 radical (unpaired) electrons. The molecule has 14 heavy (non-hydrogen) atoms. The molecule has 4 nitrogen and oxygen atoms in total. The largest absolute Gasteiger partial charge is 0.505 e. The Morgan fingerprint density at radius 1 is 1.71 bits per heavy atom. The molecule has 1 aliphatic carbocycles. The van der Waals surface area contributed by atoms with Gasteiger partial charge in [-0.25, -0.2) is 0 Å². The quantitative estimate of drug-likeness (QED) is 0.732. The molecule has 2 N–H and O–H groups in total. The number of aromatic hydroxyl groups is 1. The number of hydrogen-bond donors (Lipinski definition) is 2. The fourth-order valence-electron chi connectivity index (χ4n) is 1.35. The van der Waals surface area contributed by atoms with Gasteiger partial charge in [-0.1, -0.05) is 6.92 Å². The summed E-state index contributed by atoms with van der Waals surface area (Å²) in [6.45, 7) is 2.08. The highest BCUT2D eigenvalue weighted by molar-refractivity contribution is 5.96. The molecule has 1 amide bonds. The van der Waals surface area contributed by atoms with Gasteiger partial charge in [0.2, 0.25) is 0 Å². The van der Waals surface area contributed by atoms with Crippen molar-refractivity contribution in [1.29, 1.82) is 0 Å². The van der Waals surface area contributed by atoms with E-state index in [-0.39, 0.29) is 17.7 Å². The van der Waals surface area contributed by atoms with Crippen molar-refractivity contribution < 1.29 is 9.90 Å². The molecule has 1 aromatic heterocycles. The van der Waals surface area contributed by atoms with Gasteiger partial charge in [0.05, 0.1) is 11.8 Å². The van der Waals surface area contributed by atoms with Crippen molar-refractivity contribution >= 4 is 5.91 Å². The van der Waals surface area contributed by atoms with Gasteiger partial charge in [0.25, 0.3) is 5.91 Å². The number of nitrogens with one attached hydrogen (secondary N) is 1. The van der Waals surface area contributed by atoms with E-state index in [1.165, 1.54) is 18.5 Å². The molecule has 1 aromatic rings. The lowest BCUT2D eigenvalue weighted by Gasteiger charge is -2.04. The van der Waals surface area contributed by atoms with Gasteiger partial charge >= 0.3 is 0 Å². The molecule has 0 spiro atoms. The summed E-state index contributed by atoms with van der Waals surface area (Å²) >= 11 is 0. The average Bonchev–Trinajstić information content (AvgIpc) is 2.82. The molecule has 0 bridgehead atoms. The molecule has 0 aromatic carbocycles. The van der Waals surface area contributed by atoms with Crippen LogP contribution in [-0.2, 0) is 0 Å². The number of nitrogens with zero attached hydrogens (tertiary/aromatic N) is 1. The fourth-order valence-corrected chi connectivity index (χ4v) is 1.35. The van der Waals surface area contributed by atoms with Crippen LogP contribution >= 0.6 is 0 Å². The summed E-state index contributed by atoms with van der Waals surface area (Å²) in [6.07, 6.45) is 3.79. The Kier molecular flexibility index (Phi) is 2.11. The van der Waals surface area contributed by atoms with Gasteiger partial charge in [0, 0.05) is 12.2 Å². The predicted octanol–water partition coefficient (Wildman–Crippen LogP) is 0.925. The normalized spacial score (nSPS) is 24.4. The van der Waals surface area contributed by atoms with E-state index >= 15 is 0 Å². The summed E-state index contributed by atoms with van der Waals surface area (Å²) in [5.41, 5.74) is 0.291. The lowest BCUT2D eigenvalue weighted by atomic mass is 10.2. The molecule has 4 heteroatoms. The minimum absolute atomic E-state index is 0.0710. The van der Waals surface area contributed by atoms with E-state index in [0.717, 1.165) is 6.42 Å². The van der Waals surface area contributed by atoms with Gasteiger partial charge in [-0.2, -0.15) is 0 Å². The molecule has 1 aliphatic rings. The van der Waals surface area contributed by atoms with Gasteiger partial charge in [-0.3, -0.25) is 9.78 Å². The highest BCUT2D eigenvalue weighted by atomic mass is 16.3. The Morgan fingerprint density at radius 3 is 3.00 bits per heavy atom. The maximum absolute atomic E-state index is 11.6. The van der Waals surface area contributed by atoms with E-state index in [0.29, 0.717) is 11.5 Å². The second kappa shape index (κ2) is 3.29. The lowest BCUT2D eigenvalue weighted by Crippen LogP contribution is -2.26. The van der Waals surface area contributed by atoms with Gasteiger partial charge in [0.1, 0.15) is 5.75 Å². The topological polar surface area (TPSA) is 62.2 Å².